The number of nitrogens with one attached hydrogen (secondary N) is 2. The van der Waals surface area contributed by atoms with E-state index >= 15 is 0 Å². The Bertz CT molecular complexity index is 515. The second kappa shape index (κ2) is 5.58. The lowest BCUT2D eigenvalue weighted by Gasteiger charge is -2.19. The van der Waals surface area contributed by atoms with Crippen molar-refractivity contribution in [1.82, 2.24) is 20.5 Å². The van der Waals surface area contributed by atoms with Gasteiger partial charge in [-0.2, -0.15) is 5.10 Å². The van der Waals surface area contributed by atoms with Crippen LogP contribution in [0.4, 0.5) is 4.39 Å². The summed E-state index contributed by atoms with van der Waals surface area (Å²) in [5, 5.41) is 9.86. The van der Waals surface area contributed by atoms with Gasteiger partial charge in [0.1, 0.15) is 18.0 Å². The molecule has 2 atom stereocenters. The van der Waals surface area contributed by atoms with E-state index in [-0.39, 0.29) is 17.9 Å². The predicted octanol–water partition coefficient (Wildman–Crippen LogP) is 3.12. The van der Waals surface area contributed by atoms with Crippen LogP contribution in [0, 0.1) is 5.82 Å². The Morgan fingerprint density at radius 1 is 1.33 bits per heavy atom. The average Bonchev–Trinajstić information content (AvgIpc) is 2.85. The van der Waals surface area contributed by atoms with E-state index in [9.17, 15) is 4.39 Å². The summed E-state index contributed by atoms with van der Waals surface area (Å²) in [7, 11) is 0. The molecular weight excluding hydrogens is 299 g/mol. The predicted molar refractivity (Wildman–Crippen MR) is 70.4 cm³/mol. The number of rotatable bonds is 4. The van der Waals surface area contributed by atoms with Crippen LogP contribution in [0.1, 0.15) is 37.3 Å². The molecule has 0 amide bonds. The van der Waals surface area contributed by atoms with Gasteiger partial charge in [-0.3, -0.25) is 5.10 Å². The summed E-state index contributed by atoms with van der Waals surface area (Å²) in [5.41, 5.74) is 0.621. The largest absolute Gasteiger partial charge is 0.301 e. The Hall–Kier alpha value is -1.27. The minimum Gasteiger partial charge on any atom is -0.301 e. The molecule has 2 unspecified atom stereocenters. The molecule has 0 radical (unpaired) electrons. The first-order chi connectivity index (χ1) is 8.58. The zero-order chi connectivity index (χ0) is 13.1. The summed E-state index contributed by atoms with van der Waals surface area (Å²) in [6.45, 7) is 3.87. The molecule has 0 fully saturated rings. The SMILES string of the molecule is CC(NC(C)c1cc(Br)ccc1F)c1ncn[nH]1. The lowest BCUT2D eigenvalue weighted by Crippen LogP contribution is -2.24. The minimum atomic E-state index is -0.219. The molecule has 0 saturated carbocycles. The normalized spacial score (nSPS) is 14.4. The Morgan fingerprint density at radius 3 is 2.78 bits per heavy atom. The molecule has 1 aromatic carbocycles. The Balaban J connectivity index is 2.12. The standard InChI is InChI=1S/C12H14BrFN4/c1-7(10-5-9(13)3-4-11(10)14)17-8(2)12-15-6-16-18-12/h3-8,17H,1-2H3,(H,15,16,18). The van der Waals surface area contributed by atoms with Gasteiger partial charge in [-0.15, -0.1) is 0 Å². The third-order valence-corrected chi connectivity index (χ3v) is 3.26. The van der Waals surface area contributed by atoms with Crippen LogP contribution in [0.3, 0.4) is 0 Å². The highest BCUT2D eigenvalue weighted by Gasteiger charge is 2.16. The van der Waals surface area contributed by atoms with E-state index in [2.05, 4.69) is 36.4 Å². The van der Waals surface area contributed by atoms with E-state index in [1.807, 2.05) is 13.8 Å². The number of aromatic nitrogens is 3. The maximum Gasteiger partial charge on any atom is 0.141 e. The van der Waals surface area contributed by atoms with Crippen LogP contribution in [0.15, 0.2) is 29.0 Å². The summed E-state index contributed by atoms with van der Waals surface area (Å²) in [6.07, 6.45) is 1.46. The van der Waals surface area contributed by atoms with E-state index in [4.69, 9.17) is 0 Å². The molecule has 0 bridgehead atoms. The van der Waals surface area contributed by atoms with Gasteiger partial charge in [0.25, 0.3) is 0 Å². The molecule has 0 spiro atoms. The molecule has 96 valence electrons. The minimum absolute atomic E-state index is 0.0270. The molecule has 2 N–H and O–H groups in total. The first-order valence-corrected chi connectivity index (χ1v) is 6.43. The number of benzene rings is 1. The molecular formula is C12H14BrFN4. The zero-order valence-corrected chi connectivity index (χ0v) is 11.7. The van der Waals surface area contributed by atoms with Crippen LogP contribution in [0.2, 0.25) is 0 Å². The summed E-state index contributed by atoms with van der Waals surface area (Å²) in [6, 6.07) is 4.77. The molecule has 0 aliphatic heterocycles. The van der Waals surface area contributed by atoms with Crippen molar-refractivity contribution in [2.24, 2.45) is 0 Å². The number of nitrogens with zero attached hydrogens (tertiary/aromatic N) is 2. The van der Waals surface area contributed by atoms with Gasteiger partial charge < -0.3 is 5.32 Å². The van der Waals surface area contributed by atoms with Crippen molar-refractivity contribution >= 4 is 15.9 Å². The molecule has 1 aromatic heterocycles. The Kier molecular flexibility index (Phi) is 4.08. The number of halogens is 2. The van der Waals surface area contributed by atoms with Gasteiger partial charge in [0, 0.05) is 16.1 Å². The van der Waals surface area contributed by atoms with Gasteiger partial charge >= 0.3 is 0 Å². The highest BCUT2D eigenvalue weighted by molar-refractivity contribution is 9.10. The van der Waals surface area contributed by atoms with E-state index in [0.717, 1.165) is 10.3 Å². The molecule has 2 aromatic rings. The van der Waals surface area contributed by atoms with Crippen LogP contribution in [0.25, 0.3) is 0 Å². The molecule has 6 heteroatoms. The summed E-state index contributed by atoms with van der Waals surface area (Å²) in [5.74, 6) is 0.514. The molecule has 4 nitrogen and oxygen atoms in total. The van der Waals surface area contributed by atoms with Crippen molar-refractivity contribution in [1.29, 1.82) is 0 Å². The number of H-pyrrole nitrogens is 1. The fraction of sp³-hybridized carbons (Fsp3) is 0.333. The summed E-state index contributed by atoms with van der Waals surface area (Å²) < 4.78 is 14.6. The van der Waals surface area contributed by atoms with Crippen LogP contribution in [0.5, 0.6) is 0 Å². The molecule has 0 saturated heterocycles. The number of hydrogen-bond acceptors (Lipinski definition) is 3. The molecule has 0 aliphatic rings. The van der Waals surface area contributed by atoms with Gasteiger partial charge in [-0.05, 0) is 32.0 Å². The molecule has 0 aliphatic carbocycles. The second-order valence-electron chi connectivity index (χ2n) is 4.15. The third-order valence-electron chi connectivity index (χ3n) is 2.77. The van der Waals surface area contributed by atoms with Gasteiger partial charge in [0.2, 0.25) is 0 Å². The topological polar surface area (TPSA) is 53.6 Å². The van der Waals surface area contributed by atoms with Crippen molar-refractivity contribution in [2.45, 2.75) is 25.9 Å². The first kappa shape index (κ1) is 13.2. The smallest absolute Gasteiger partial charge is 0.141 e. The zero-order valence-electron chi connectivity index (χ0n) is 10.1. The summed E-state index contributed by atoms with van der Waals surface area (Å²) in [4.78, 5) is 4.07. The highest BCUT2D eigenvalue weighted by atomic mass is 79.9. The van der Waals surface area contributed by atoms with E-state index in [1.165, 1.54) is 12.4 Å². The number of aromatic amines is 1. The molecule has 1 heterocycles. The van der Waals surface area contributed by atoms with Gasteiger partial charge in [0.15, 0.2) is 0 Å². The van der Waals surface area contributed by atoms with Crippen molar-refractivity contribution in [2.75, 3.05) is 0 Å². The maximum atomic E-state index is 13.7. The van der Waals surface area contributed by atoms with Crippen LogP contribution in [-0.2, 0) is 0 Å². The van der Waals surface area contributed by atoms with Gasteiger partial charge in [-0.1, -0.05) is 15.9 Å². The lowest BCUT2D eigenvalue weighted by molar-refractivity contribution is 0.460. The van der Waals surface area contributed by atoms with Crippen LogP contribution >= 0.6 is 15.9 Å². The quantitative estimate of drug-likeness (QED) is 0.912. The summed E-state index contributed by atoms with van der Waals surface area (Å²) >= 11 is 3.35. The fourth-order valence-electron chi connectivity index (χ4n) is 1.81. The first-order valence-electron chi connectivity index (χ1n) is 5.64. The van der Waals surface area contributed by atoms with Crippen molar-refractivity contribution < 1.29 is 4.39 Å². The fourth-order valence-corrected chi connectivity index (χ4v) is 2.19. The maximum absolute atomic E-state index is 13.7. The Morgan fingerprint density at radius 2 is 2.11 bits per heavy atom. The van der Waals surface area contributed by atoms with E-state index < -0.39 is 0 Å². The molecule has 2 rings (SSSR count). The highest BCUT2D eigenvalue weighted by Crippen LogP contribution is 2.23. The van der Waals surface area contributed by atoms with Gasteiger partial charge in [-0.25, -0.2) is 9.37 Å². The second-order valence-corrected chi connectivity index (χ2v) is 5.06. The van der Waals surface area contributed by atoms with Crippen molar-refractivity contribution in [3.05, 3.63) is 46.2 Å². The van der Waals surface area contributed by atoms with Crippen molar-refractivity contribution in [3.8, 4) is 0 Å². The lowest BCUT2D eigenvalue weighted by atomic mass is 10.1. The third kappa shape index (κ3) is 2.94. The Labute approximate surface area is 113 Å². The van der Waals surface area contributed by atoms with Crippen LogP contribution < -0.4 is 5.32 Å². The monoisotopic (exact) mass is 312 g/mol. The van der Waals surface area contributed by atoms with Crippen molar-refractivity contribution in [3.63, 3.8) is 0 Å². The number of hydrogen-bond donors (Lipinski definition) is 2. The van der Waals surface area contributed by atoms with E-state index in [0.29, 0.717) is 5.56 Å². The van der Waals surface area contributed by atoms with E-state index in [1.54, 1.807) is 12.1 Å². The van der Waals surface area contributed by atoms with Gasteiger partial charge in [0.05, 0.1) is 6.04 Å². The van der Waals surface area contributed by atoms with Crippen LogP contribution in [-0.4, -0.2) is 15.2 Å². The average molecular weight is 313 g/mol. The molecule has 18 heavy (non-hydrogen) atoms.